The van der Waals surface area contributed by atoms with E-state index in [0.29, 0.717) is 0 Å². The van der Waals surface area contributed by atoms with Crippen molar-refractivity contribution in [2.24, 2.45) is 45.8 Å². The van der Waals surface area contributed by atoms with Gasteiger partial charge in [-0.15, -0.1) is 0 Å². The molecular formula is C35H51N3O3. The highest BCUT2D eigenvalue weighted by molar-refractivity contribution is 6.02. The molecule has 2 amide bonds. The van der Waals surface area contributed by atoms with Gasteiger partial charge in [0, 0.05) is 35.9 Å². The van der Waals surface area contributed by atoms with E-state index >= 15 is 0 Å². The first-order valence-corrected chi connectivity index (χ1v) is 15.9. The lowest BCUT2D eigenvalue weighted by Gasteiger charge is -2.64. The number of nitrogens with one attached hydrogen (secondary N) is 1. The van der Waals surface area contributed by atoms with E-state index in [4.69, 9.17) is 0 Å². The third-order valence-electron chi connectivity index (χ3n) is 12.7. The van der Waals surface area contributed by atoms with E-state index in [-0.39, 0.29) is 76.6 Å². The molecular weight excluding hydrogens is 510 g/mol. The van der Waals surface area contributed by atoms with E-state index in [9.17, 15) is 19.6 Å². The van der Waals surface area contributed by atoms with Crippen molar-refractivity contribution in [2.45, 2.75) is 112 Å². The Morgan fingerprint density at radius 2 is 1.66 bits per heavy atom. The van der Waals surface area contributed by atoms with Gasteiger partial charge in [0.15, 0.2) is 11.6 Å². The van der Waals surface area contributed by atoms with Crippen LogP contribution in [0.15, 0.2) is 23.3 Å². The Bertz CT molecular complexity index is 1240. The summed E-state index contributed by atoms with van der Waals surface area (Å²) in [6.45, 7) is 12.8. The summed E-state index contributed by atoms with van der Waals surface area (Å²) in [5.74, 6) is 0.273. The van der Waals surface area contributed by atoms with Crippen LogP contribution in [0.3, 0.4) is 0 Å². The summed E-state index contributed by atoms with van der Waals surface area (Å²) in [6, 6.07) is 2.24. The maximum absolute atomic E-state index is 14.4. The van der Waals surface area contributed by atoms with Gasteiger partial charge in [-0.3, -0.25) is 9.59 Å². The monoisotopic (exact) mass is 561 g/mol. The number of carbonyl (C=O) groups is 3. The van der Waals surface area contributed by atoms with Gasteiger partial charge >= 0.3 is 6.03 Å². The number of allylic oxidation sites excluding steroid dienone is 4. The highest BCUT2D eigenvalue weighted by atomic mass is 16.2. The van der Waals surface area contributed by atoms with Crippen LogP contribution in [0.1, 0.15) is 106 Å². The molecule has 3 saturated carbocycles. The molecule has 5 aliphatic carbocycles. The quantitative estimate of drug-likeness (QED) is 0.373. The molecule has 0 aromatic heterocycles. The van der Waals surface area contributed by atoms with Gasteiger partial charge in [0.2, 0.25) is 0 Å². The molecule has 41 heavy (non-hydrogen) atoms. The third-order valence-corrected chi connectivity index (χ3v) is 12.7. The molecule has 0 radical (unpaired) electrons. The van der Waals surface area contributed by atoms with Gasteiger partial charge in [-0.1, -0.05) is 53.7 Å². The van der Waals surface area contributed by atoms with Gasteiger partial charge in [-0.25, -0.2) is 4.79 Å². The van der Waals surface area contributed by atoms with Crippen LogP contribution in [0.4, 0.5) is 4.79 Å². The van der Waals surface area contributed by atoms with Crippen molar-refractivity contribution < 1.29 is 14.4 Å². The number of likely N-dealkylation sites (tertiary alicyclic amines) is 1. The van der Waals surface area contributed by atoms with Crippen LogP contribution in [0.25, 0.3) is 0 Å². The first kappa shape index (κ1) is 30.1. The van der Waals surface area contributed by atoms with Crippen LogP contribution in [0.2, 0.25) is 0 Å². The lowest BCUT2D eigenvalue weighted by molar-refractivity contribution is -0.139. The smallest absolute Gasteiger partial charge is 0.317 e. The highest BCUT2D eigenvalue weighted by Gasteiger charge is 2.64. The van der Waals surface area contributed by atoms with E-state index in [1.54, 1.807) is 0 Å². The summed E-state index contributed by atoms with van der Waals surface area (Å²) in [5, 5.41) is 13.4. The summed E-state index contributed by atoms with van der Waals surface area (Å²) in [6.07, 6.45) is 13.8. The predicted molar refractivity (Wildman–Crippen MR) is 161 cm³/mol. The molecule has 0 aromatic carbocycles. The van der Waals surface area contributed by atoms with Crippen molar-refractivity contribution in [1.82, 2.24) is 10.2 Å². The van der Waals surface area contributed by atoms with Crippen molar-refractivity contribution in [3.63, 3.8) is 0 Å². The molecule has 8 atom stereocenters. The number of piperidine rings is 1. The molecule has 1 heterocycles. The molecule has 224 valence electrons. The topological polar surface area (TPSA) is 90.3 Å². The van der Waals surface area contributed by atoms with E-state index in [1.807, 2.05) is 24.0 Å². The Kier molecular flexibility index (Phi) is 7.40. The van der Waals surface area contributed by atoms with Crippen molar-refractivity contribution in [3.05, 3.63) is 23.3 Å². The first-order valence-electron chi connectivity index (χ1n) is 15.9. The molecule has 8 unspecified atom stereocenters. The zero-order valence-electron chi connectivity index (χ0n) is 25.1. The summed E-state index contributed by atoms with van der Waals surface area (Å²) < 4.78 is 0. The Balaban J connectivity index is 0.00000337. The van der Waals surface area contributed by atoms with E-state index < -0.39 is 5.41 Å². The minimum absolute atomic E-state index is 0. The number of amides is 2. The second kappa shape index (κ2) is 10.1. The van der Waals surface area contributed by atoms with Crippen LogP contribution < -0.4 is 5.32 Å². The number of rotatable bonds is 1. The van der Waals surface area contributed by atoms with Crippen molar-refractivity contribution in [3.8, 4) is 6.07 Å². The number of hydrogen-bond acceptors (Lipinski definition) is 4. The van der Waals surface area contributed by atoms with Crippen LogP contribution in [0, 0.1) is 57.2 Å². The molecule has 4 fully saturated rings. The van der Waals surface area contributed by atoms with Gasteiger partial charge in [-0.2, -0.15) is 5.26 Å². The minimum atomic E-state index is -0.463. The number of Topliss-reactive ketones (excluding diaryl/α,β-unsaturated/α-hetero) is 1. The van der Waals surface area contributed by atoms with Gasteiger partial charge < -0.3 is 10.2 Å². The minimum Gasteiger partial charge on any atom is -0.332 e. The van der Waals surface area contributed by atoms with Crippen molar-refractivity contribution in [2.75, 3.05) is 13.1 Å². The van der Waals surface area contributed by atoms with Crippen LogP contribution in [-0.4, -0.2) is 41.1 Å². The summed E-state index contributed by atoms with van der Waals surface area (Å²) in [7, 11) is 0. The predicted octanol–water partition coefficient (Wildman–Crippen LogP) is 7.01. The largest absolute Gasteiger partial charge is 0.332 e. The molecule has 0 aromatic rings. The van der Waals surface area contributed by atoms with Gasteiger partial charge in [0.1, 0.15) is 6.07 Å². The molecule has 1 N–H and O–H groups in total. The number of ketones is 2. The number of urea groups is 1. The first-order chi connectivity index (χ1) is 18.9. The SMILES string of the molecule is C.CC1C(=O)C(C#N)=CC2(C)C3=CC(=O)C4C5CC(C)(C)CCC5(NC(=O)N5CCCCC5)CCC4C3(C)CCC12. The zero-order chi connectivity index (χ0) is 28.7. The number of fused-ring (bicyclic) bond motifs is 7. The molecule has 6 rings (SSSR count). The Hall–Kier alpha value is -2.42. The Labute approximate surface area is 247 Å². The Morgan fingerprint density at radius 3 is 2.34 bits per heavy atom. The molecule has 6 nitrogen and oxygen atoms in total. The van der Waals surface area contributed by atoms with E-state index in [0.717, 1.165) is 76.5 Å². The standard InChI is InChI=1S/C34H47N3O3.CH4/c1-21-23-9-11-32(4)24-10-12-34(36-30(40)37-15-7-6-8-16-37)14-13-31(2,3)19-25(34)28(24)26(38)17-27(32)33(23,5)18-22(20-35)29(21)39;/h17-18,21,23-25,28H,6-16,19H2,1-5H3,(H,36,40);1H4. The average Bonchev–Trinajstić information content (AvgIpc) is 2.92. The average molecular weight is 562 g/mol. The second-order valence-electron chi connectivity index (χ2n) is 15.4. The molecule has 1 saturated heterocycles. The summed E-state index contributed by atoms with van der Waals surface area (Å²) in [4.78, 5) is 42.9. The lowest BCUT2D eigenvalue weighted by Crippen LogP contribution is -2.67. The molecule has 0 spiro atoms. The van der Waals surface area contributed by atoms with Crippen LogP contribution >= 0.6 is 0 Å². The lowest BCUT2D eigenvalue weighted by atomic mass is 9.40. The molecule has 6 aliphatic rings. The fourth-order valence-electron chi connectivity index (χ4n) is 10.5. The second-order valence-corrected chi connectivity index (χ2v) is 15.4. The van der Waals surface area contributed by atoms with E-state index in [2.05, 4.69) is 39.1 Å². The van der Waals surface area contributed by atoms with Crippen molar-refractivity contribution in [1.29, 1.82) is 5.26 Å². The van der Waals surface area contributed by atoms with Crippen molar-refractivity contribution >= 4 is 17.6 Å². The van der Waals surface area contributed by atoms with Gasteiger partial charge in [0.25, 0.3) is 0 Å². The zero-order valence-corrected chi connectivity index (χ0v) is 25.1. The number of nitrogens with zero attached hydrogens (tertiary/aromatic N) is 2. The molecule has 0 bridgehead atoms. The van der Waals surface area contributed by atoms with Crippen LogP contribution in [-0.2, 0) is 9.59 Å². The molecule has 6 heteroatoms. The fraction of sp³-hybridized carbons (Fsp3) is 0.771. The number of nitriles is 1. The number of carbonyl (C=O) groups excluding carboxylic acids is 3. The van der Waals surface area contributed by atoms with Crippen LogP contribution in [0.5, 0.6) is 0 Å². The molecule has 1 aliphatic heterocycles. The number of hydrogen-bond donors (Lipinski definition) is 1. The van der Waals surface area contributed by atoms with Gasteiger partial charge in [0.05, 0.1) is 5.57 Å². The van der Waals surface area contributed by atoms with E-state index in [1.165, 1.54) is 6.42 Å². The highest BCUT2D eigenvalue weighted by Crippen LogP contribution is 2.68. The normalized spacial score (nSPS) is 43.0. The summed E-state index contributed by atoms with van der Waals surface area (Å²) in [5.41, 5.74) is 0.575. The third kappa shape index (κ3) is 4.43. The maximum Gasteiger partial charge on any atom is 0.317 e. The Morgan fingerprint density at radius 1 is 0.976 bits per heavy atom. The summed E-state index contributed by atoms with van der Waals surface area (Å²) >= 11 is 0. The fourth-order valence-corrected chi connectivity index (χ4v) is 10.5. The van der Waals surface area contributed by atoms with Gasteiger partial charge in [-0.05, 0) is 98.9 Å². The maximum atomic E-state index is 14.4.